The van der Waals surface area contributed by atoms with Crippen molar-refractivity contribution in [2.24, 2.45) is 5.92 Å². The number of hydrogen-bond acceptors (Lipinski definition) is 2. The van der Waals surface area contributed by atoms with Gasteiger partial charge in [-0.15, -0.1) is 0 Å². The van der Waals surface area contributed by atoms with E-state index in [1.54, 1.807) is 0 Å². The molecule has 2 aliphatic carbocycles. The minimum absolute atomic E-state index is 0.0412. The molecule has 1 fully saturated rings. The Kier molecular flexibility index (Phi) is 3.66. The van der Waals surface area contributed by atoms with Gasteiger partial charge in [0.1, 0.15) is 0 Å². The lowest BCUT2D eigenvalue weighted by Gasteiger charge is -2.23. The predicted molar refractivity (Wildman–Crippen MR) is 88.9 cm³/mol. The van der Waals surface area contributed by atoms with E-state index < -0.39 is 6.10 Å². The van der Waals surface area contributed by atoms with Crippen molar-refractivity contribution in [3.8, 4) is 0 Å². The Hall–Kier alpha value is -2.13. The van der Waals surface area contributed by atoms with E-state index in [4.69, 9.17) is 0 Å². The Morgan fingerprint density at radius 2 is 1.74 bits per heavy atom. The molecular formula is C20H21NO2. The van der Waals surface area contributed by atoms with E-state index in [-0.39, 0.29) is 17.9 Å². The minimum Gasteiger partial charge on any atom is -0.390 e. The molecule has 0 saturated heterocycles. The summed E-state index contributed by atoms with van der Waals surface area (Å²) < 4.78 is 0. The molecule has 0 heterocycles. The second kappa shape index (κ2) is 5.82. The van der Waals surface area contributed by atoms with Crippen LogP contribution in [0.1, 0.15) is 41.5 Å². The zero-order valence-corrected chi connectivity index (χ0v) is 13.0. The topological polar surface area (TPSA) is 49.3 Å². The molecule has 1 saturated carbocycles. The zero-order valence-electron chi connectivity index (χ0n) is 13.0. The Balaban J connectivity index is 1.57. The molecule has 3 nitrogen and oxygen atoms in total. The summed E-state index contributed by atoms with van der Waals surface area (Å²) in [6, 6.07) is 17.7. The van der Waals surface area contributed by atoms with Crippen LogP contribution in [-0.4, -0.2) is 17.1 Å². The lowest BCUT2D eigenvalue weighted by Crippen LogP contribution is -2.37. The third-order valence-corrected chi connectivity index (χ3v) is 5.04. The van der Waals surface area contributed by atoms with E-state index in [0.29, 0.717) is 12.3 Å². The van der Waals surface area contributed by atoms with Crippen molar-refractivity contribution in [1.82, 2.24) is 5.32 Å². The standard InChI is InChI=1S/C20H21NO2/c22-17-12-15-8-4-5-9-16(15)19(17)21-20(23)18(14-10-11-14)13-6-2-1-3-7-13/h1-9,14,17-19,22H,10-12H2,(H,21,23). The summed E-state index contributed by atoms with van der Waals surface area (Å²) in [7, 11) is 0. The number of nitrogens with one attached hydrogen (secondary N) is 1. The van der Waals surface area contributed by atoms with Crippen LogP contribution in [0.3, 0.4) is 0 Å². The van der Waals surface area contributed by atoms with E-state index in [9.17, 15) is 9.90 Å². The first kappa shape index (κ1) is 14.5. The molecule has 0 spiro atoms. The number of fused-ring (bicyclic) bond motifs is 1. The number of aliphatic hydroxyl groups excluding tert-OH is 1. The van der Waals surface area contributed by atoms with Crippen molar-refractivity contribution in [3.05, 3.63) is 71.3 Å². The average molecular weight is 307 g/mol. The summed E-state index contributed by atoms with van der Waals surface area (Å²) in [5.74, 6) is 0.377. The highest BCUT2D eigenvalue weighted by Crippen LogP contribution is 2.43. The van der Waals surface area contributed by atoms with Crippen molar-refractivity contribution < 1.29 is 9.90 Å². The first-order valence-electron chi connectivity index (χ1n) is 8.35. The van der Waals surface area contributed by atoms with Gasteiger partial charge in [-0.05, 0) is 35.4 Å². The lowest BCUT2D eigenvalue weighted by molar-refractivity contribution is -0.124. The molecule has 23 heavy (non-hydrogen) atoms. The normalized spacial score (nSPS) is 24.0. The quantitative estimate of drug-likeness (QED) is 0.912. The Morgan fingerprint density at radius 3 is 2.48 bits per heavy atom. The summed E-state index contributed by atoms with van der Waals surface area (Å²) in [4.78, 5) is 12.9. The maximum atomic E-state index is 12.9. The number of amides is 1. The first-order chi connectivity index (χ1) is 11.2. The van der Waals surface area contributed by atoms with Gasteiger partial charge in [-0.25, -0.2) is 0 Å². The minimum atomic E-state index is -0.535. The fraction of sp³-hybridized carbons (Fsp3) is 0.350. The molecule has 3 atom stereocenters. The molecule has 2 aromatic rings. The fourth-order valence-electron chi connectivity index (χ4n) is 3.72. The van der Waals surface area contributed by atoms with E-state index in [2.05, 4.69) is 5.32 Å². The zero-order chi connectivity index (χ0) is 15.8. The van der Waals surface area contributed by atoms with Crippen LogP contribution in [0.4, 0.5) is 0 Å². The SMILES string of the molecule is O=C(NC1c2ccccc2CC1O)C(c1ccccc1)C1CC1. The van der Waals surface area contributed by atoms with Crippen molar-refractivity contribution in [2.75, 3.05) is 0 Å². The van der Waals surface area contributed by atoms with Crippen molar-refractivity contribution in [3.63, 3.8) is 0 Å². The smallest absolute Gasteiger partial charge is 0.228 e. The van der Waals surface area contributed by atoms with Crippen LogP contribution in [0.2, 0.25) is 0 Å². The van der Waals surface area contributed by atoms with Gasteiger partial charge in [0.2, 0.25) is 5.91 Å². The highest BCUT2D eigenvalue weighted by atomic mass is 16.3. The third-order valence-electron chi connectivity index (χ3n) is 5.04. The van der Waals surface area contributed by atoms with Gasteiger partial charge in [0.25, 0.3) is 0 Å². The molecule has 3 unspecified atom stereocenters. The summed E-state index contributed by atoms with van der Waals surface area (Å²) in [5.41, 5.74) is 3.26. The summed E-state index contributed by atoms with van der Waals surface area (Å²) >= 11 is 0. The molecule has 0 bridgehead atoms. The molecule has 118 valence electrons. The van der Waals surface area contributed by atoms with Gasteiger partial charge in [0, 0.05) is 6.42 Å². The maximum Gasteiger partial charge on any atom is 0.228 e. The van der Waals surface area contributed by atoms with Crippen LogP contribution >= 0.6 is 0 Å². The van der Waals surface area contributed by atoms with Gasteiger partial charge in [-0.2, -0.15) is 0 Å². The fourth-order valence-corrected chi connectivity index (χ4v) is 3.72. The molecule has 2 aromatic carbocycles. The molecule has 0 aliphatic heterocycles. The van der Waals surface area contributed by atoms with E-state index in [1.165, 1.54) is 0 Å². The Bertz CT molecular complexity index is 709. The van der Waals surface area contributed by atoms with Crippen LogP contribution in [0.5, 0.6) is 0 Å². The Labute approximate surface area is 136 Å². The summed E-state index contributed by atoms with van der Waals surface area (Å²) in [6.45, 7) is 0. The van der Waals surface area contributed by atoms with Crippen LogP contribution in [0.15, 0.2) is 54.6 Å². The molecule has 4 rings (SSSR count). The van der Waals surface area contributed by atoms with Crippen LogP contribution in [0.25, 0.3) is 0 Å². The van der Waals surface area contributed by atoms with Crippen LogP contribution in [-0.2, 0) is 11.2 Å². The third kappa shape index (κ3) is 2.77. The van der Waals surface area contributed by atoms with E-state index >= 15 is 0 Å². The molecule has 0 aromatic heterocycles. The van der Waals surface area contributed by atoms with Gasteiger partial charge in [-0.3, -0.25) is 4.79 Å². The number of hydrogen-bond donors (Lipinski definition) is 2. The maximum absolute atomic E-state index is 12.9. The molecule has 3 heteroatoms. The highest BCUT2D eigenvalue weighted by molar-refractivity contribution is 5.85. The molecule has 2 aliphatic rings. The number of carbonyl (C=O) groups excluding carboxylic acids is 1. The molecule has 2 N–H and O–H groups in total. The van der Waals surface area contributed by atoms with Crippen LogP contribution < -0.4 is 5.32 Å². The summed E-state index contributed by atoms with van der Waals surface area (Å²) in [6.07, 6.45) is 2.29. The van der Waals surface area contributed by atoms with Crippen LogP contribution in [0, 0.1) is 5.92 Å². The first-order valence-corrected chi connectivity index (χ1v) is 8.35. The number of benzene rings is 2. The second-order valence-electron chi connectivity index (χ2n) is 6.68. The monoisotopic (exact) mass is 307 g/mol. The van der Waals surface area contributed by atoms with Gasteiger partial charge >= 0.3 is 0 Å². The number of carbonyl (C=O) groups is 1. The predicted octanol–water partition coefficient (Wildman–Crippen LogP) is 2.95. The highest BCUT2D eigenvalue weighted by Gasteiger charge is 2.40. The second-order valence-corrected chi connectivity index (χ2v) is 6.68. The molecule has 0 radical (unpaired) electrons. The van der Waals surface area contributed by atoms with Gasteiger partial charge in [0.15, 0.2) is 0 Å². The van der Waals surface area contributed by atoms with Gasteiger partial charge in [0.05, 0.1) is 18.1 Å². The van der Waals surface area contributed by atoms with Crippen molar-refractivity contribution >= 4 is 5.91 Å². The van der Waals surface area contributed by atoms with E-state index in [0.717, 1.165) is 29.5 Å². The van der Waals surface area contributed by atoms with Crippen molar-refractivity contribution in [2.45, 2.75) is 37.3 Å². The molecule has 1 amide bonds. The Morgan fingerprint density at radius 1 is 1.04 bits per heavy atom. The number of rotatable bonds is 4. The van der Waals surface area contributed by atoms with Gasteiger partial charge < -0.3 is 10.4 Å². The molecular weight excluding hydrogens is 286 g/mol. The average Bonchev–Trinajstić information content (AvgIpc) is 3.34. The number of aliphatic hydroxyl groups is 1. The summed E-state index contributed by atoms with van der Waals surface area (Å²) in [5, 5.41) is 13.5. The largest absolute Gasteiger partial charge is 0.390 e. The lowest BCUT2D eigenvalue weighted by atomic mass is 9.92. The van der Waals surface area contributed by atoms with Gasteiger partial charge in [-0.1, -0.05) is 54.6 Å². The van der Waals surface area contributed by atoms with E-state index in [1.807, 2.05) is 54.6 Å². The van der Waals surface area contributed by atoms with Crippen molar-refractivity contribution in [1.29, 1.82) is 0 Å².